The average molecular weight is 436 g/mol. The molecule has 2 saturated heterocycles. The predicted octanol–water partition coefficient (Wildman–Crippen LogP) is 3.30. The Balaban J connectivity index is 1.62. The van der Waals surface area contributed by atoms with Gasteiger partial charge in [-0.15, -0.1) is 0 Å². The minimum absolute atomic E-state index is 0.101. The Morgan fingerprint density at radius 2 is 1.97 bits per heavy atom. The summed E-state index contributed by atoms with van der Waals surface area (Å²) in [6.07, 6.45) is 0.145. The lowest BCUT2D eigenvalue weighted by atomic mass is 9.92. The second-order valence-corrected chi connectivity index (χ2v) is 7.94. The Kier molecular flexibility index (Phi) is 5.71. The molecule has 0 aliphatic carbocycles. The number of benzene rings is 1. The number of hydrogen-bond donors (Lipinski definition) is 0. The van der Waals surface area contributed by atoms with E-state index in [1.165, 1.54) is 18.0 Å². The monoisotopic (exact) mass is 435 g/mol. The molecule has 2 aliphatic heterocycles. The Labute approximate surface area is 177 Å². The summed E-state index contributed by atoms with van der Waals surface area (Å²) >= 11 is 5.75. The summed E-state index contributed by atoms with van der Waals surface area (Å²) in [4.78, 5) is 32.7. The molecule has 0 saturated carbocycles. The Morgan fingerprint density at radius 3 is 2.53 bits per heavy atom. The number of carbonyl (C=O) groups excluding carboxylic acids is 2. The van der Waals surface area contributed by atoms with Gasteiger partial charge < -0.3 is 9.64 Å². The molecule has 0 spiro atoms. The number of amides is 2. The molecule has 2 atom stereocenters. The third kappa shape index (κ3) is 3.89. The molecule has 2 unspecified atom stereocenters. The summed E-state index contributed by atoms with van der Waals surface area (Å²) in [6, 6.07) is 7.07. The number of nitrogens with zero attached hydrogens (tertiary/aromatic N) is 3. The molecule has 0 N–H and O–H groups in total. The molecule has 9 heteroatoms. The highest BCUT2D eigenvalue weighted by Gasteiger charge is 2.47. The van der Waals surface area contributed by atoms with Gasteiger partial charge in [-0.1, -0.05) is 35.9 Å². The molecule has 1 aromatic carbocycles. The van der Waals surface area contributed by atoms with Crippen molar-refractivity contribution in [3.8, 4) is 0 Å². The van der Waals surface area contributed by atoms with Gasteiger partial charge in [0.05, 0.1) is 18.2 Å². The summed E-state index contributed by atoms with van der Waals surface area (Å²) in [6.45, 7) is 1.99. The topological polar surface area (TPSA) is 62.7 Å². The van der Waals surface area contributed by atoms with Crippen LogP contribution < -0.4 is 4.90 Å². The van der Waals surface area contributed by atoms with Gasteiger partial charge in [0.25, 0.3) is 5.91 Å². The second-order valence-electron chi connectivity index (χ2n) is 7.50. The van der Waals surface area contributed by atoms with Crippen molar-refractivity contribution in [2.45, 2.75) is 25.7 Å². The predicted molar refractivity (Wildman–Crippen MR) is 106 cm³/mol. The molecule has 1 aromatic heterocycles. The van der Waals surface area contributed by atoms with Gasteiger partial charge in [0, 0.05) is 18.7 Å². The number of ether oxygens (including phenoxy) is 1. The van der Waals surface area contributed by atoms with Crippen LogP contribution in [-0.2, 0) is 20.9 Å². The highest BCUT2D eigenvalue weighted by Crippen LogP contribution is 2.30. The fourth-order valence-corrected chi connectivity index (χ4v) is 3.85. The Hall–Kier alpha value is -2.58. The number of pyridine rings is 1. The van der Waals surface area contributed by atoms with Crippen molar-refractivity contribution >= 4 is 29.2 Å². The first-order valence-electron chi connectivity index (χ1n) is 9.57. The van der Waals surface area contributed by atoms with Crippen molar-refractivity contribution in [3.63, 3.8) is 0 Å². The van der Waals surface area contributed by atoms with Crippen LogP contribution in [0.1, 0.15) is 24.2 Å². The molecule has 0 bridgehead atoms. The van der Waals surface area contributed by atoms with Gasteiger partial charge >= 0.3 is 0 Å². The number of rotatable bonds is 5. The lowest BCUT2D eigenvalue weighted by Gasteiger charge is -2.45. The van der Waals surface area contributed by atoms with E-state index in [0.717, 1.165) is 16.5 Å². The normalized spacial score (nSPS) is 21.0. The molecule has 2 aromatic rings. The summed E-state index contributed by atoms with van der Waals surface area (Å²) in [5, 5.41) is 0.101. The zero-order valence-electron chi connectivity index (χ0n) is 16.2. The molecule has 2 fully saturated rings. The SMILES string of the molecule is CC(F)c1ccc(CN2C(=O)CN(c3ncc(Cl)cc3F)C(=O)C2C2COC2)cc1. The van der Waals surface area contributed by atoms with Crippen molar-refractivity contribution in [1.82, 2.24) is 9.88 Å². The van der Waals surface area contributed by atoms with Crippen LogP contribution in [0.25, 0.3) is 0 Å². The van der Waals surface area contributed by atoms with E-state index in [1.54, 1.807) is 24.3 Å². The molecule has 158 valence electrons. The highest BCUT2D eigenvalue weighted by atomic mass is 35.5. The maximum absolute atomic E-state index is 14.4. The zero-order valence-corrected chi connectivity index (χ0v) is 17.0. The van der Waals surface area contributed by atoms with Crippen LogP contribution in [0.4, 0.5) is 14.6 Å². The number of aromatic nitrogens is 1. The molecule has 2 amide bonds. The van der Waals surface area contributed by atoms with E-state index < -0.39 is 23.9 Å². The van der Waals surface area contributed by atoms with Crippen LogP contribution in [0.15, 0.2) is 36.5 Å². The standard InChI is InChI=1S/C21H20ClF2N3O3/c1-12(23)14-4-2-13(3-5-14)8-26-18(28)9-27(20-17(24)6-16(22)7-25-20)21(29)19(26)15-10-30-11-15/h2-7,12,15,19H,8-11H2,1H3. The van der Waals surface area contributed by atoms with Gasteiger partial charge in [0.1, 0.15) is 18.8 Å². The fourth-order valence-electron chi connectivity index (χ4n) is 3.70. The van der Waals surface area contributed by atoms with Gasteiger partial charge in [0.15, 0.2) is 11.6 Å². The van der Waals surface area contributed by atoms with E-state index in [2.05, 4.69) is 4.98 Å². The summed E-state index contributed by atoms with van der Waals surface area (Å²) in [5.74, 6) is -1.92. The quantitative estimate of drug-likeness (QED) is 0.723. The number of anilines is 1. The van der Waals surface area contributed by atoms with E-state index in [0.29, 0.717) is 18.8 Å². The summed E-state index contributed by atoms with van der Waals surface area (Å²) in [7, 11) is 0. The van der Waals surface area contributed by atoms with Crippen molar-refractivity contribution in [3.05, 3.63) is 58.5 Å². The minimum Gasteiger partial charge on any atom is -0.380 e. The average Bonchev–Trinajstić information content (AvgIpc) is 2.66. The molecular formula is C21H20ClF2N3O3. The molecule has 30 heavy (non-hydrogen) atoms. The number of hydrogen-bond acceptors (Lipinski definition) is 4. The van der Waals surface area contributed by atoms with E-state index in [1.807, 2.05) is 0 Å². The number of halogens is 3. The van der Waals surface area contributed by atoms with Gasteiger partial charge in [-0.05, 0) is 24.1 Å². The van der Waals surface area contributed by atoms with Crippen LogP contribution >= 0.6 is 11.6 Å². The van der Waals surface area contributed by atoms with Crippen molar-refractivity contribution in [2.24, 2.45) is 5.92 Å². The van der Waals surface area contributed by atoms with E-state index in [-0.39, 0.29) is 35.8 Å². The van der Waals surface area contributed by atoms with Crippen LogP contribution in [0, 0.1) is 11.7 Å². The molecule has 0 radical (unpaired) electrons. The first kappa shape index (κ1) is 20.7. The molecular weight excluding hydrogens is 416 g/mol. The summed E-state index contributed by atoms with van der Waals surface area (Å²) < 4.78 is 33.1. The van der Waals surface area contributed by atoms with Gasteiger partial charge in [-0.25, -0.2) is 13.8 Å². The van der Waals surface area contributed by atoms with E-state index >= 15 is 0 Å². The summed E-state index contributed by atoms with van der Waals surface area (Å²) in [5.41, 5.74) is 1.31. The Morgan fingerprint density at radius 1 is 1.27 bits per heavy atom. The maximum Gasteiger partial charge on any atom is 0.251 e. The minimum atomic E-state index is -1.09. The largest absolute Gasteiger partial charge is 0.380 e. The zero-order chi connectivity index (χ0) is 21.4. The molecule has 3 heterocycles. The van der Waals surface area contributed by atoms with Gasteiger partial charge in [-0.2, -0.15) is 0 Å². The maximum atomic E-state index is 14.4. The number of piperazine rings is 1. The number of carbonyl (C=O) groups is 2. The van der Waals surface area contributed by atoms with Crippen molar-refractivity contribution < 1.29 is 23.1 Å². The van der Waals surface area contributed by atoms with Crippen molar-refractivity contribution in [2.75, 3.05) is 24.7 Å². The Bertz CT molecular complexity index is 966. The number of alkyl halides is 1. The van der Waals surface area contributed by atoms with Gasteiger partial charge in [0.2, 0.25) is 5.91 Å². The lowest BCUT2D eigenvalue weighted by molar-refractivity contribution is -0.155. The molecule has 6 nitrogen and oxygen atoms in total. The fraction of sp³-hybridized carbons (Fsp3) is 0.381. The second kappa shape index (κ2) is 8.28. The van der Waals surface area contributed by atoms with E-state index in [4.69, 9.17) is 16.3 Å². The lowest BCUT2D eigenvalue weighted by Crippen LogP contribution is -2.65. The highest BCUT2D eigenvalue weighted by molar-refractivity contribution is 6.30. The molecule has 2 aliphatic rings. The first-order chi connectivity index (χ1) is 14.3. The van der Waals surface area contributed by atoms with Crippen LogP contribution in [0.3, 0.4) is 0 Å². The van der Waals surface area contributed by atoms with Crippen LogP contribution in [-0.4, -0.2) is 47.5 Å². The third-order valence-corrected chi connectivity index (χ3v) is 5.62. The van der Waals surface area contributed by atoms with Crippen LogP contribution in [0.2, 0.25) is 5.02 Å². The van der Waals surface area contributed by atoms with Crippen molar-refractivity contribution in [1.29, 1.82) is 0 Å². The molecule has 4 rings (SSSR count). The van der Waals surface area contributed by atoms with Gasteiger partial charge in [-0.3, -0.25) is 14.5 Å². The van der Waals surface area contributed by atoms with E-state index in [9.17, 15) is 18.4 Å². The first-order valence-corrected chi connectivity index (χ1v) is 9.95. The third-order valence-electron chi connectivity index (χ3n) is 5.41. The smallest absolute Gasteiger partial charge is 0.251 e. The van der Waals surface area contributed by atoms with Crippen LogP contribution in [0.5, 0.6) is 0 Å².